The highest BCUT2D eigenvalue weighted by Crippen LogP contribution is 2.42. The van der Waals surface area contributed by atoms with Gasteiger partial charge in [-0.15, -0.1) is 0 Å². The minimum Gasteiger partial charge on any atom is -0.504 e. The van der Waals surface area contributed by atoms with E-state index in [9.17, 15) is 9.90 Å². The van der Waals surface area contributed by atoms with Gasteiger partial charge in [0.1, 0.15) is 0 Å². The highest BCUT2D eigenvalue weighted by Gasteiger charge is 2.39. The number of hydrogen-bond acceptors (Lipinski definition) is 6. The van der Waals surface area contributed by atoms with Gasteiger partial charge in [-0.3, -0.25) is 4.79 Å². The van der Waals surface area contributed by atoms with Gasteiger partial charge < -0.3 is 20.3 Å². The lowest BCUT2D eigenvalue weighted by atomic mass is 9.79. The molecule has 1 aromatic rings. The molecule has 0 heterocycles. The monoisotopic (exact) mass is 278 g/mol. The fourth-order valence-electron chi connectivity index (χ4n) is 1.92. The van der Waals surface area contributed by atoms with E-state index in [0.29, 0.717) is 0 Å². The molecule has 108 valence electrons. The Morgan fingerprint density at radius 3 is 2.50 bits per heavy atom. The van der Waals surface area contributed by atoms with E-state index in [1.54, 1.807) is 13.8 Å². The number of phenols is 1. The molecular weight excluding hydrogens is 260 g/mol. The summed E-state index contributed by atoms with van der Waals surface area (Å²) in [5.74, 6) is -0.581. The molecule has 0 aliphatic heterocycles. The van der Waals surface area contributed by atoms with Gasteiger partial charge in [0.05, 0.1) is 37.3 Å². The third-order valence-electron chi connectivity index (χ3n) is 3.32. The summed E-state index contributed by atoms with van der Waals surface area (Å²) >= 11 is 0. The van der Waals surface area contributed by atoms with Crippen LogP contribution in [-0.4, -0.2) is 25.3 Å². The van der Waals surface area contributed by atoms with Crippen LogP contribution in [0.5, 0.6) is 11.5 Å². The van der Waals surface area contributed by atoms with Crippen LogP contribution in [0.3, 0.4) is 0 Å². The molecule has 1 rings (SSSR count). The van der Waals surface area contributed by atoms with Crippen molar-refractivity contribution in [3.63, 3.8) is 0 Å². The van der Waals surface area contributed by atoms with Crippen LogP contribution in [0.1, 0.15) is 31.0 Å². The second-order valence-corrected chi connectivity index (χ2v) is 4.88. The van der Waals surface area contributed by atoms with Crippen molar-refractivity contribution in [3.05, 3.63) is 23.3 Å². The number of rotatable bonds is 4. The van der Waals surface area contributed by atoms with Crippen molar-refractivity contribution >= 4 is 5.97 Å². The molecule has 0 saturated heterocycles. The molecule has 0 bridgehead atoms. The quantitative estimate of drug-likeness (QED) is 0.808. The maximum Gasteiger partial charge on any atom is 0.313 e. The minimum atomic E-state index is -1.11. The van der Waals surface area contributed by atoms with Gasteiger partial charge in [-0.1, -0.05) is 0 Å². The Morgan fingerprint density at radius 2 is 2.05 bits per heavy atom. The first-order chi connectivity index (χ1) is 9.31. The number of esters is 1. The van der Waals surface area contributed by atoms with Crippen LogP contribution in [0, 0.1) is 16.7 Å². The van der Waals surface area contributed by atoms with Gasteiger partial charge in [-0.2, -0.15) is 5.26 Å². The van der Waals surface area contributed by atoms with Crippen molar-refractivity contribution in [2.24, 2.45) is 11.1 Å². The predicted molar refractivity (Wildman–Crippen MR) is 72.1 cm³/mol. The molecule has 0 aliphatic rings. The Labute approximate surface area is 117 Å². The molecule has 20 heavy (non-hydrogen) atoms. The summed E-state index contributed by atoms with van der Waals surface area (Å²) in [6.45, 7) is 3.17. The Balaban J connectivity index is 3.45. The third-order valence-corrected chi connectivity index (χ3v) is 3.32. The van der Waals surface area contributed by atoms with E-state index in [0.717, 1.165) is 0 Å². The summed E-state index contributed by atoms with van der Waals surface area (Å²) in [6.07, 6.45) is 0. The Morgan fingerprint density at radius 1 is 1.45 bits per heavy atom. The second kappa shape index (κ2) is 5.80. The number of nitriles is 1. The molecule has 1 atom stereocenters. The van der Waals surface area contributed by atoms with Crippen LogP contribution in [0.15, 0.2) is 12.1 Å². The van der Waals surface area contributed by atoms with Crippen LogP contribution < -0.4 is 10.5 Å². The lowest BCUT2D eigenvalue weighted by molar-refractivity contribution is -0.152. The van der Waals surface area contributed by atoms with Gasteiger partial charge in [-0.05, 0) is 26.0 Å². The molecule has 0 unspecified atom stereocenters. The van der Waals surface area contributed by atoms with E-state index >= 15 is 0 Å². The minimum absolute atomic E-state index is 0.169. The molecule has 0 saturated carbocycles. The van der Waals surface area contributed by atoms with Crippen LogP contribution in [0.2, 0.25) is 0 Å². The first-order valence-electron chi connectivity index (χ1n) is 5.95. The van der Waals surface area contributed by atoms with E-state index in [1.165, 1.54) is 26.4 Å². The first kappa shape index (κ1) is 15.8. The van der Waals surface area contributed by atoms with Crippen LogP contribution >= 0.6 is 0 Å². The standard InChI is InChI=1S/C14H18N2O4/c1-14(2,13(18)20-4)12(16)10-8(7-15)5-6-9(19-3)11(10)17/h5-6,12,17H,16H2,1-4H3/t12-/m1/s1. The fourth-order valence-corrected chi connectivity index (χ4v) is 1.92. The van der Waals surface area contributed by atoms with Crippen LogP contribution in [-0.2, 0) is 9.53 Å². The number of carbonyl (C=O) groups excluding carboxylic acids is 1. The van der Waals surface area contributed by atoms with E-state index in [2.05, 4.69) is 0 Å². The van der Waals surface area contributed by atoms with Gasteiger partial charge in [0, 0.05) is 5.56 Å². The van der Waals surface area contributed by atoms with E-state index in [1.807, 2.05) is 6.07 Å². The molecule has 6 nitrogen and oxygen atoms in total. The number of carbonyl (C=O) groups is 1. The second-order valence-electron chi connectivity index (χ2n) is 4.88. The molecule has 3 N–H and O–H groups in total. The largest absolute Gasteiger partial charge is 0.504 e. The zero-order valence-electron chi connectivity index (χ0n) is 11.9. The van der Waals surface area contributed by atoms with Gasteiger partial charge >= 0.3 is 5.97 Å². The Hall–Kier alpha value is -2.26. The number of aromatic hydroxyl groups is 1. The van der Waals surface area contributed by atoms with Crippen molar-refractivity contribution in [3.8, 4) is 17.6 Å². The van der Waals surface area contributed by atoms with Crippen molar-refractivity contribution in [1.82, 2.24) is 0 Å². The Bertz CT molecular complexity index is 561. The van der Waals surface area contributed by atoms with Crippen LogP contribution in [0.4, 0.5) is 0 Å². The molecular formula is C14H18N2O4. The van der Waals surface area contributed by atoms with Crippen molar-refractivity contribution in [1.29, 1.82) is 5.26 Å². The molecule has 1 aromatic carbocycles. The third kappa shape index (κ3) is 2.53. The van der Waals surface area contributed by atoms with Crippen LogP contribution in [0.25, 0.3) is 0 Å². The van der Waals surface area contributed by atoms with E-state index in [-0.39, 0.29) is 22.6 Å². The smallest absolute Gasteiger partial charge is 0.313 e. The lowest BCUT2D eigenvalue weighted by Gasteiger charge is -2.30. The van der Waals surface area contributed by atoms with Gasteiger partial charge in [0.2, 0.25) is 0 Å². The van der Waals surface area contributed by atoms with Crippen molar-refractivity contribution < 1.29 is 19.4 Å². The molecule has 0 aliphatic carbocycles. The van der Waals surface area contributed by atoms with Gasteiger partial charge in [0.25, 0.3) is 0 Å². The number of benzene rings is 1. The summed E-state index contributed by atoms with van der Waals surface area (Å²) in [6, 6.07) is 3.99. The zero-order valence-corrected chi connectivity index (χ0v) is 11.9. The average Bonchev–Trinajstić information content (AvgIpc) is 2.44. The molecule has 0 radical (unpaired) electrons. The van der Waals surface area contributed by atoms with E-state index in [4.69, 9.17) is 20.5 Å². The molecule has 0 amide bonds. The van der Waals surface area contributed by atoms with E-state index < -0.39 is 17.4 Å². The maximum absolute atomic E-state index is 11.8. The summed E-state index contributed by atoms with van der Waals surface area (Å²) in [4.78, 5) is 11.8. The maximum atomic E-state index is 11.8. The normalized spacial score (nSPS) is 12.4. The number of hydrogen-bond donors (Lipinski definition) is 2. The number of phenolic OH excluding ortho intramolecular Hbond substituents is 1. The summed E-state index contributed by atoms with van der Waals surface area (Å²) in [5.41, 5.74) is 5.33. The predicted octanol–water partition coefficient (Wildman–Crippen LogP) is 1.47. The number of nitrogens with zero attached hydrogens (tertiary/aromatic N) is 1. The zero-order chi connectivity index (χ0) is 15.5. The average molecular weight is 278 g/mol. The highest BCUT2D eigenvalue weighted by molar-refractivity contribution is 5.77. The van der Waals surface area contributed by atoms with Crippen molar-refractivity contribution in [2.45, 2.75) is 19.9 Å². The molecule has 0 fully saturated rings. The lowest BCUT2D eigenvalue weighted by Crippen LogP contribution is -2.37. The summed E-state index contributed by atoms with van der Waals surface area (Å²) < 4.78 is 9.72. The van der Waals surface area contributed by atoms with Gasteiger partial charge in [-0.25, -0.2) is 0 Å². The Kier molecular flexibility index (Phi) is 4.58. The van der Waals surface area contributed by atoms with Crippen molar-refractivity contribution in [2.75, 3.05) is 14.2 Å². The molecule has 0 aromatic heterocycles. The summed E-state index contributed by atoms with van der Waals surface area (Å²) in [7, 11) is 2.65. The number of nitrogens with two attached hydrogens (primary N) is 1. The molecule has 6 heteroatoms. The highest BCUT2D eigenvalue weighted by atomic mass is 16.5. The summed E-state index contributed by atoms with van der Waals surface area (Å²) in [5, 5.41) is 19.3. The first-order valence-corrected chi connectivity index (χ1v) is 5.95. The number of methoxy groups -OCH3 is 2. The molecule has 0 spiro atoms. The SMILES string of the molecule is COC(=O)C(C)(C)[C@H](N)c1c(C#N)ccc(OC)c1O. The number of ether oxygens (including phenoxy) is 2. The fraction of sp³-hybridized carbons (Fsp3) is 0.429. The van der Waals surface area contributed by atoms with Gasteiger partial charge in [0.15, 0.2) is 11.5 Å². The topological polar surface area (TPSA) is 106 Å².